The third-order valence-electron chi connectivity index (χ3n) is 12.7. The largest absolute Gasteiger partial charge is 0.394 e. The molecule has 5 N–H and O–H groups in total. The molecule has 0 aromatic carbocycles. The second-order valence-electron chi connectivity index (χ2n) is 18.6. The van der Waals surface area contributed by atoms with E-state index >= 15 is 0 Å². The second-order valence-corrected chi connectivity index (χ2v) is 18.6. The molecule has 0 aromatic heterocycles. The lowest BCUT2D eigenvalue weighted by atomic mass is 9.99. The van der Waals surface area contributed by atoms with Crippen molar-refractivity contribution < 1.29 is 25.2 Å². The van der Waals surface area contributed by atoms with Gasteiger partial charge in [0.05, 0.1) is 18.8 Å². The van der Waals surface area contributed by atoms with Crippen molar-refractivity contribution in [1.82, 2.24) is 5.32 Å². The molecule has 0 aromatic rings. The van der Waals surface area contributed by atoms with Crippen molar-refractivity contribution >= 4 is 5.91 Å². The van der Waals surface area contributed by atoms with E-state index in [1.165, 1.54) is 205 Å². The van der Waals surface area contributed by atoms with Gasteiger partial charge in [0.25, 0.3) is 0 Å². The molecular formula is C54H105NO5. The molecule has 0 bridgehead atoms. The van der Waals surface area contributed by atoms with Crippen molar-refractivity contribution in [2.75, 3.05) is 6.61 Å². The third kappa shape index (κ3) is 42.1. The van der Waals surface area contributed by atoms with E-state index in [0.29, 0.717) is 12.8 Å². The Morgan fingerprint density at radius 1 is 0.433 bits per heavy atom. The Balaban J connectivity index is 3.62. The van der Waals surface area contributed by atoms with Crippen LogP contribution in [0, 0.1) is 0 Å². The lowest BCUT2D eigenvalue weighted by Gasteiger charge is -2.27. The average Bonchev–Trinajstić information content (AvgIpc) is 3.25. The van der Waals surface area contributed by atoms with Crippen molar-refractivity contribution in [2.45, 2.75) is 308 Å². The molecule has 4 unspecified atom stereocenters. The smallest absolute Gasteiger partial charge is 0.249 e. The zero-order chi connectivity index (χ0) is 43.8. The predicted molar refractivity (Wildman–Crippen MR) is 261 cm³/mol. The Morgan fingerprint density at radius 2 is 0.767 bits per heavy atom. The number of hydrogen-bond acceptors (Lipinski definition) is 5. The molecule has 6 nitrogen and oxygen atoms in total. The first-order chi connectivity index (χ1) is 29.5. The molecule has 0 aliphatic heterocycles. The zero-order valence-electron chi connectivity index (χ0n) is 40.2. The first kappa shape index (κ1) is 58.8. The minimum absolute atomic E-state index is 0.370. The fourth-order valence-electron chi connectivity index (χ4n) is 8.50. The van der Waals surface area contributed by atoms with Gasteiger partial charge in [0.15, 0.2) is 0 Å². The molecular weight excluding hydrogens is 743 g/mol. The second kappa shape index (κ2) is 48.8. The monoisotopic (exact) mass is 848 g/mol. The Kier molecular flexibility index (Phi) is 47.8. The van der Waals surface area contributed by atoms with Gasteiger partial charge in [-0.15, -0.1) is 0 Å². The highest BCUT2D eigenvalue weighted by molar-refractivity contribution is 5.80. The SMILES string of the molecule is CC/C=C\C/C=C\CCCCCCCCCCCCCCCC(O)C(=O)NC(CO)C(O)C(O)CCCCCCCCCCCCCCCCCCCCCCCCCC. The van der Waals surface area contributed by atoms with Gasteiger partial charge in [-0.2, -0.15) is 0 Å². The summed E-state index contributed by atoms with van der Waals surface area (Å²) >= 11 is 0. The Bertz CT molecular complexity index is 909. The number of aliphatic hydroxyl groups excluding tert-OH is 4. The summed E-state index contributed by atoms with van der Waals surface area (Å²) in [4.78, 5) is 12.6. The molecule has 0 spiro atoms. The van der Waals surface area contributed by atoms with E-state index in [1.54, 1.807) is 0 Å². The van der Waals surface area contributed by atoms with Crippen molar-refractivity contribution in [1.29, 1.82) is 0 Å². The van der Waals surface area contributed by atoms with Gasteiger partial charge in [0, 0.05) is 0 Å². The Labute approximate surface area is 374 Å². The van der Waals surface area contributed by atoms with Crippen LogP contribution in [0.15, 0.2) is 24.3 Å². The van der Waals surface area contributed by atoms with Crippen LogP contribution in [-0.4, -0.2) is 57.3 Å². The van der Waals surface area contributed by atoms with E-state index in [4.69, 9.17) is 0 Å². The number of carbonyl (C=O) groups is 1. The van der Waals surface area contributed by atoms with E-state index in [9.17, 15) is 25.2 Å². The highest BCUT2D eigenvalue weighted by Crippen LogP contribution is 2.18. The van der Waals surface area contributed by atoms with Crippen molar-refractivity contribution in [3.8, 4) is 0 Å². The summed E-state index contributed by atoms with van der Waals surface area (Å²) < 4.78 is 0. The molecule has 0 saturated carbocycles. The summed E-state index contributed by atoms with van der Waals surface area (Å²) in [5.74, 6) is -0.581. The molecule has 1 amide bonds. The minimum Gasteiger partial charge on any atom is -0.394 e. The molecule has 0 rings (SSSR count). The average molecular weight is 848 g/mol. The van der Waals surface area contributed by atoms with E-state index in [0.717, 1.165) is 51.4 Å². The number of allylic oxidation sites excluding steroid dienone is 4. The summed E-state index contributed by atoms with van der Waals surface area (Å²) in [7, 11) is 0. The molecule has 4 atom stereocenters. The number of aliphatic hydroxyl groups is 4. The van der Waals surface area contributed by atoms with E-state index in [-0.39, 0.29) is 0 Å². The molecule has 0 aliphatic carbocycles. The number of rotatable bonds is 49. The first-order valence-electron chi connectivity index (χ1n) is 26.7. The number of nitrogens with one attached hydrogen (secondary N) is 1. The predicted octanol–water partition coefficient (Wildman–Crippen LogP) is 15.1. The van der Waals surface area contributed by atoms with Gasteiger partial charge < -0.3 is 25.7 Å². The van der Waals surface area contributed by atoms with E-state index in [1.807, 2.05) is 0 Å². The van der Waals surface area contributed by atoms with Crippen LogP contribution in [0.4, 0.5) is 0 Å². The van der Waals surface area contributed by atoms with Crippen molar-refractivity contribution in [3.05, 3.63) is 24.3 Å². The summed E-state index contributed by atoms with van der Waals surface area (Å²) in [5.41, 5.74) is 0. The molecule has 0 fully saturated rings. The molecule has 356 valence electrons. The summed E-state index contributed by atoms with van der Waals surface area (Å²) in [5, 5.41) is 44.0. The fourth-order valence-corrected chi connectivity index (χ4v) is 8.50. The van der Waals surface area contributed by atoms with E-state index in [2.05, 4.69) is 43.5 Å². The van der Waals surface area contributed by atoms with E-state index < -0.39 is 36.9 Å². The number of unbranched alkanes of at least 4 members (excludes halogenated alkanes) is 36. The maximum absolute atomic E-state index is 12.6. The molecule has 0 radical (unpaired) electrons. The van der Waals surface area contributed by atoms with Gasteiger partial charge in [0.1, 0.15) is 12.2 Å². The van der Waals surface area contributed by atoms with Gasteiger partial charge >= 0.3 is 0 Å². The molecule has 0 saturated heterocycles. The van der Waals surface area contributed by atoms with Gasteiger partial charge in [0.2, 0.25) is 5.91 Å². The van der Waals surface area contributed by atoms with Crippen LogP contribution in [0.25, 0.3) is 0 Å². The Morgan fingerprint density at radius 3 is 1.13 bits per heavy atom. The maximum Gasteiger partial charge on any atom is 0.249 e. The van der Waals surface area contributed by atoms with Crippen LogP contribution in [-0.2, 0) is 4.79 Å². The van der Waals surface area contributed by atoms with Crippen LogP contribution < -0.4 is 5.32 Å². The molecule has 0 heterocycles. The van der Waals surface area contributed by atoms with Crippen LogP contribution in [0.3, 0.4) is 0 Å². The number of carbonyl (C=O) groups excluding carboxylic acids is 1. The van der Waals surface area contributed by atoms with Crippen LogP contribution >= 0.6 is 0 Å². The Hall–Kier alpha value is -1.21. The topological polar surface area (TPSA) is 110 Å². The molecule has 60 heavy (non-hydrogen) atoms. The minimum atomic E-state index is -1.26. The van der Waals surface area contributed by atoms with Crippen LogP contribution in [0.2, 0.25) is 0 Å². The van der Waals surface area contributed by atoms with Crippen LogP contribution in [0.1, 0.15) is 284 Å². The van der Waals surface area contributed by atoms with Gasteiger partial charge in [-0.3, -0.25) is 4.79 Å². The number of hydrogen-bond donors (Lipinski definition) is 5. The third-order valence-corrected chi connectivity index (χ3v) is 12.7. The van der Waals surface area contributed by atoms with Crippen LogP contribution in [0.5, 0.6) is 0 Å². The standard InChI is InChI=1S/C54H105NO5/c1-3-5-7-9-11-13-15-17-19-21-23-25-26-27-28-30-31-33-35-37-39-41-43-45-47-51(57)53(59)50(49-56)55-54(60)52(58)48-46-44-42-40-38-36-34-32-29-24-22-20-18-16-14-12-10-8-6-4-2/h6,8,12,14,50-53,56-59H,3-5,7,9-11,13,15-49H2,1-2H3,(H,55,60)/b8-6-,14-12-. The van der Waals surface area contributed by atoms with Crippen molar-refractivity contribution in [2.24, 2.45) is 0 Å². The lowest BCUT2D eigenvalue weighted by Crippen LogP contribution is -2.53. The molecule has 6 heteroatoms. The van der Waals surface area contributed by atoms with Gasteiger partial charge in [-0.1, -0.05) is 269 Å². The highest BCUT2D eigenvalue weighted by Gasteiger charge is 2.28. The summed E-state index contributed by atoms with van der Waals surface area (Å²) in [6, 6.07) is -0.984. The normalized spacial score (nSPS) is 14.0. The van der Waals surface area contributed by atoms with Gasteiger partial charge in [-0.25, -0.2) is 0 Å². The molecule has 0 aliphatic rings. The lowest BCUT2D eigenvalue weighted by molar-refractivity contribution is -0.132. The first-order valence-corrected chi connectivity index (χ1v) is 26.7. The van der Waals surface area contributed by atoms with Crippen molar-refractivity contribution in [3.63, 3.8) is 0 Å². The number of amides is 1. The highest BCUT2D eigenvalue weighted by atomic mass is 16.3. The maximum atomic E-state index is 12.6. The summed E-state index contributed by atoms with van der Waals surface area (Å²) in [6.45, 7) is 3.98. The quantitative estimate of drug-likeness (QED) is 0.0309. The fraction of sp³-hybridized carbons (Fsp3) is 0.907. The summed E-state index contributed by atoms with van der Waals surface area (Å²) in [6.07, 6.45) is 58.0. The zero-order valence-corrected chi connectivity index (χ0v) is 40.2. The van der Waals surface area contributed by atoms with Gasteiger partial charge in [-0.05, 0) is 38.5 Å².